The molecule has 3 nitrogen and oxygen atoms in total. The average molecular weight is 444 g/mol. The zero-order chi connectivity index (χ0) is 22.2. The van der Waals surface area contributed by atoms with Gasteiger partial charge in [0.15, 0.2) is 11.1 Å². The molecule has 0 aromatic heterocycles. The summed E-state index contributed by atoms with van der Waals surface area (Å²) >= 11 is -1.76. The number of halogens is 3. The van der Waals surface area contributed by atoms with Gasteiger partial charge >= 0.3 is 6.18 Å². The van der Waals surface area contributed by atoms with Gasteiger partial charge in [-0.15, -0.1) is 0 Å². The number of rotatable bonds is 5. The molecule has 4 rings (SSSR count). The summed E-state index contributed by atoms with van der Waals surface area (Å²) in [5.41, 5.74) is 0.466. The minimum atomic E-state index is -4.45. The van der Waals surface area contributed by atoms with Gasteiger partial charge < -0.3 is 4.74 Å². The molecule has 1 atom stereocenters. The molecule has 160 valence electrons. The van der Waals surface area contributed by atoms with Crippen molar-refractivity contribution in [2.75, 3.05) is 13.7 Å². The van der Waals surface area contributed by atoms with E-state index in [0.717, 1.165) is 22.9 Å². The van der Waals surface area contributed by atoms with Crippen molar-refractivity contribution in [3.63, 3.8) is 0 Å². The third kappa shape index (κ3) is 3.91. The van der Waals surface area contributed by atoms with Crippen LogP contribution in [0.2, 0.25) is 0 Å². The third-order valence-electron chi connectivity index (χ3n) is 5.07. The summed E-state index contributed by atoms with van der Waals surface area (Å²) < 4.78 is 63.7. The molecule has 0 amide bonds. The van der Waals surface area contributed by atoms with E-state index in [1.54, 1.807) is 25.1 Å². The molecule has 1 unspecified atom stereocenters. The zero-order valence-corrected chi connectivity index (χ0v) is 17.6. The van der Waals surface area contributed by atoms with Gasteiger partial charge in [-0.1, -0.05) is 42.5 Å². The number of benzene rings is 4. The predicted octanol–water partition coefficient (Wildman–Crippen LogP) is 6.75. The first-order chi connectivity index (χ1) is 14.8. The Labute approximate surface area is 180 Å². The van der Waals surface area contributed by atoms with Crippen molar-refractivity contribution >= 4 is 32.6 Å². The molecule has 4 aromatic carbocycles. The van der Waals surface area contributed by atoms with Crippen LogP contribution in [0.5, 0.6) is 5.75 Å². The molecule has 0 aliphatic heterocycles. The van der Waals surface area contributed by atoms with Crippen LogP contribution in [0, 0.1) is 0 Å². The standard InChI is InChI=1S/C24H19F3O3S/c1-3-30-31(28)21-13-9-15-6-4-5-7-18(15)23(21)22-19-11-10-17(24(25,26)27)14-16(19)8-12-20(22)29-2/h4-14H,3H2,1-2H3. The van der Waals surface area contributed by atoms with E-state index >= 15 is 0 Å². The number of hydrogen-bond donors (Lipinski definition) is 0. The molecule has 0 fully saturated rings. The maximum atomic E-state index is 13.3. The van der Waals surface area contributed by atoms with Crippen LogP contribution in [0.25, 0.3) is 32.7 Å². The Bertz CT molecular complexity index is 1300. The number of alkyl halides is 3. The fourth-order valence-electron chi connectivity index (χ4n) is 3.73. The lowest BCUT2D eigenvalue weighted by Crippen LogP contribution is -2.05. The summed E-state index contributed by atoms with van der Waals surface area (Å²) in [4.78, 5) is 0.436. The summed E-state index contributed by atoms with van der Waals surface area (Å²) in [6, 6.07) is 18.0. The molecule has 0 aliphatic rings. The van der Waals surface area contributed by atoms with Gasteiger partial charge in [0, 0.05) is 11.1 Å². The highest BCUT2D eigenvalue weighted by atomic mass is 32.2. The van der Waals surface area contributed by atoms with Crippen LogP contribution < -0.4 is 4.74 Å². The monoisotopic (exact) mass is 444 g/mol. The minimum absolute atomic E-state index is 0.250. The van der Waals surface area contributed by atoms with Crippen molar-refractivity contribution in [2.24, 2.45) is 0 Å². The van der Waals surface area contributed by atoms with Crippen LogP contribution in [0.15, 0.2) is 71.6 Å². The molecule has 0 radical (unpaired) electrons. The quantitative estimate of drug-likeness (QED) is 0.342. The highest BCUT2D eigenvalue weighted by Crippen LogP contribution is 2.44. The zero-order valence-electron chi connectivity index (χ0n) is 16.8. The molecule has 0 bridgehead atoms. The molecule has 0 spiro atoms. The summed E-state index contributed by atoms with van der Waals surface area (Å²) in [7, 11) is 1.50. The van der Waals surface area contributed by atoms with Crippen LogP contribution >= 0.6 is 0 Å². The van der Waals surface area contributed by atoms with Gasteiger partial charge in [0.05, 0.1) is 24.2 Å². The van der Waals surface area contributed by atoms with Crippen molar-refractivity contribution in [3.05, 3.63) is 72.3 Å². The Balaban J connectivity index is 2.12. The van der Waals surface area contributed by atoms with E-state index in [9.17, 15) is 17.4 Å². The van der Waals surface area contributed by atoms with Gasteiger partial charge in [0.1, 0.15) is 5.75 Å². The fraction of sp³-hybridized carbons (Fsp3) is 0.167. The number of fused-ring (bicyclic) bond motifs is 2. The molecular weight excluding hydrogens is 425 g/mol. The Kier molecular flexibility index (Phi) is 5.73. The lowest BCUT2D eigenvalue weighted by Gasteiger charge is -2.18. The minimum Gasteiger partial charge on any atom is -0.496 e. The highest BCUT2D eigenvalue weighted by Gasteiger charge is 2.31. The van der Waals surface area contributed by atoms with Crippen molar-refractivity contribution in [1.29, 1.82) is 0 Å². The summed E-state index contributed by atoms with van der Waals surface area (Å²) in [5, 5.41) is 2.68. The van der Waals surface area contributed by atoms with Crippen molar-refractivity contribution in [2.45, 2.75) is 18.0 Å². The van der Waals surface area contributed by atoms with Crippen LogP contribution in [0.3, 0.4) is 0 Å². The summed E-state index contributed by atoms with van der Waals surface area (Å²) in [5.74, 6) is 0.471. The lowest BCUT2D eigenvalue weighted by molar-refractivity contribution is -0.137. The second-order valence-corrected chi connectivity index (χ2v) is 8.02. The van der Waals surface area contributed by atoms with Crippen LogP contribution in [-0.4, -0.2) is 17.9 Å². The normalized spacial score (nSPS) is 12.9. The van der Waals surface area contributed by atoms with E-state index < -0.39 is 22.8 Å². The first kappa shape index (κ1) is 21.3. The first-order valence-electron chi connectivity index (χ1n) is 9.60. The van der Waals surface area contributed by atoms with E-state index in [2.05, 4.69) is 0 Å². The van der Waals surface area contributed by atoms with Crippen molar-refractivity contribution < 1.29 is 26.3 Å². The van der Waals surface area contributed by atoms with Crippen LogP contribution in [0.4, 0.5) is 13.2 Å². The maximum Gasteiger partial charge on any atom is 0.416 e. The second kappa shape index (κ2) is 8.32. The van der Waals surface area contributed by atoms with Crippen molar-refractivity contribution in [1.82, 2.24) is 0 Å². The predicted molar refractivity (Wildman–Crippen MR) is 116 cm³/mol. The molecule has 0 saturated carbocycles. The SMILES string of the molecule is CCOS(=O)c1ccc2ccccc2c1-c1c(OC)ccc2cc(C(F)(F)F)ccc12. The van der Waals surface area contributed by atoms with Gasteiger partial charge in [-0.2, -0.15) is 13.2 Å². The molecule has 0 aliphatic carbocycles. The largest absolute Gasteiger partial charge is 0.496 e. The fourth-order valence-corrected chi connectivity index (χ4v) is 4.63. The van der Waals surface area contributed by atoms with Gasteiger partial charge in [-0.25, -0.2) is 4.21 Å². The third-order valence-corrected chi connectivity index (χ3v) is 6.22. The molecular formula is C24H19F3O3S. The van der Waals surface area contributed by atoms with E-state index in [-0.39, 0.29) is 6.61 Å². The second-order valence-electron chi connectivity index (χ2n) is 6.88. The van der Waals surface area contributed by atoms with Crippen LogP contribution in [0.1, 0.15) is 12.5 Å². The Morgan fingerprint density at radius 3 is 2.29 bits per heavy atom. The van der Waals surface area contributed by atoms with E-state index in [1.165, 1.54) is 13.2 Å². The van der Waals surface area contributed by atoms with Gasteiger partial charge in [0.2, 0.25) is 0 Å². The van der Waals surface area contributed by atoms with Gasteiger partial charge in [0.25, 0.3) is 0 Å². The van der Waals surface area contributed by atoms with E-state index in [4.69, 9.17) is 8.92 Å². The Morgan fingerprint density at radius 2 is 1.58 bits per heavy atom. The van der Waals surface area contributed by atoms with E-state index in [0.29, 0.717) is 32.5 Å². The maximum absolute atomic E-state index is 13.3. The van der Waals surface area contributed by atoms with Crippen molar-refractivity contribution in [3.8, 4) is 16.9 Å². The molecule has 0 N–H and O–H groups in total. The highest BCUT2D eigenvalue weighted by molar-refractivity contribution is 7.80. The topological polar surface area (TPSA) is 35.5 Å². The number of hydrogen-bond acceptors (Lipinski definition) is 3. The summed E-state index contributed by atoms with van der Waals surface area (Å²) in [6.07, 6.45) is -4.45. The number of ether oxygens (including phenoxy) is 1. The molecule has 4 aromatic rings. The lowest BCUT2D eigenvalue weighted by atomic mass is 9.92. The van der Waals surface area contributed by atoms with Gasteiger partial charge in [-0.05, 0) is 52.7 Å². The molecule has 31 heavy (non-hydrogen) atoms. The molecule has 7 heteroatoms. The number of methoxy groups -OCH3 is 1. The average Bonchev–Trinajstić information content (AvgIpc) is 2.76. The molecule has 0 saturated heterocycles. The summed E-state index contributed by atoms with van der Waals surface area (Å²) in [6.45, 7) is 2.00. The Hall–Kier alpha value is -2.90. The molecule has 0 heterocycles. The first-order valence-corrected chi connectivity index (χ1v) is 10.7. The van der Waals surface area contributed by atoms with Gasteiger partial charge in [-0.3, -0.25) is 4.18 Å². The Morgan fingerprint density at radius 1 is 0.871 bits per heavy atom. The van der Waals surface area contributed by atoms with E-state index in [1.807, 2.05) is 30.3 Å². The smallest absolute Gasteiger partial charge is 0.416 e. The van der Waals surface area contributed by atoms with Crippen LogP contribution in [-0.2, 0) is 21.4 Å².